The minimum atomic E-state index is -4.51. The highest BCUT2D eigenvalue weighted by molar-refractivity contribution is 6.62. The van der Waals surface area contributed by atoms with E-state index < -0.39 is 43.2 Å². The second kappa shape index (κ2) is 7.48. The fourth-order valence-corrected chi connectivity index (χ4v) is 3.18. The van der Waals surface area contributed by atoms with E-state index in [-0.39, 0.29) is 13.2 Å². The van der Waals surface area contributed by atoms with Gasteiger partial charge in [0.2, 0.25) is 0 Å². The van der Waals surface area contributed by atoms with Crippen LogP contribution in [0.4, 0.5) is 23.7 Å². The Balaban J connectivity index is 1.73. The van der Waals surface area contributed by atoms with Crippen LogP contribution in [0.25, 0.3) is 0 Å². The van der Waals surface area contributed by atoms with Crippen LogP contribution in [0.5, 0.6) is 0 Å². The number of hydrogen-bond acceptors (Lipinski definition) is 4. The van der Waals surface area contributed by atoms with Gasteiger partial charge in [-0.15, -0.1) is 0 Å². The summed E-state index contributed by atoms with van der Waals surface area (Å²) < 4.78 is 55.5. The van der Waals surface area contributed by atoms with Gasteiger partial charge >= 0.3 is 19.3 Å². The monoisotopic (exact) mass is 414 g/mol. The van der Waals surface area contributed by atoms with Crippen LogP contribution in [-0.4, -0.2) is 61.2 Å². The van der Waals surface area contributed by atoms with E-state index in [9.17, 15) is 18.0 Å². The fraction of sp³-hybridized carbons (Fsp3) is 0.632. The molecule has 29 heavy (non-hydrogen) atoms. The number of alkyl halides is 3. The molecular weight excluding hydrogens is 388 g/mol. The van der Waals surface area contributed by atoms with Crippen molar-refractivity contribution in [3.8, 4) is 0 Å². The Bertz CT molecular complexity index is 769. The highest BCUT2D eigenvalue weighted by atomic mass is 19.4. The predicted octanol–water partition coefficient (Wildman–Crippen LogP) is 3.09. The van der Waals surface area contributed by atoms with Gasteiger partial charge in [0, 0.05) is 12.2 Å². The Kier molecular flexibility index (Phi) is 5.66. The zero-order chi connectivity index (χ0) is 21.6. The average Bonchev–Trinajstić information content (AvgIpc) is 2.83. The van der Waals surface area contributed by atoms with Crippen LogP contribution < -0.4 is 10.8 Å². The summed E-state index contributed by atoms with van der Waals surface area (Å²) in [6.45, 7) is 9.09. The molecule has 6 nitrogen and oxygen atoms in total. The van der Waals surface area contributed by atoms with Gasteiger partial charge in [-0.05, 0) is 52.2 Å². The van der Waals surface area contributed by atoms with Crippen LogP contribution in [0.3, 0.4) is 0 Å². The Morgan fingerprint density at radius 2 is 1.83 bits per heavy atom. The Hall–Kier alpha value is -1.78. The van der Waals surface area contributed by atoms with E-state index >= 15 is 0 Å². The molecule has 0 aromatic heterocycles. The summed E-state index contributed by atoms with van der Waals surface area (Å²) >= 11 is 0. The molecule has 2 aliphatic heterocycles. The number of halogens is 3. The van der Waals surface area contributed by atoms with E-state index in [1.165, 1.54) is 0 Å². The summed E-state index contributed by atoms with van der Waals surface area (Å²) in [5.74, 6) is 0. The number of anilines is 1. The summed E-state index contributed by atoms with van der Waals surface area (Å²) in [6.07, 6.45) is -6.48. The largest absolute Gasteiger partial charge is 0.495 e. The van der Waals surface area contributed by atoms with Crippen LogP contribution in [-0.2, 0) is 14.0 Å². The number of rotatable bonds is 2. The number of carbonyl (C=O) groups is 1. The molecule has 1 atom stereocenters. The minimum absolute atomic E-state index is 0.0916. The Morgan fingerprint density at radius 1 is 1.21 bits per heavy atom. The fourth-order valence-electron chi connectivity index (χ4n) is 3.18. The summed E-state index contributed by atoms with van der Waals surface area (Å²) in [4.78, 5) is 13.6. The molecule has 2 amide bonds. The number of hydrogen-bond donors (Lipinski definition) is 1. The van der Waals surface area contributed by atoms with Crippen molar-refractivity contribution < 1.29 is 32.0 Å². The molecule has 10 heteroatoms. The first-order valence-electron chi connectivity index (χ1n) is 9.50. The third kappa shape index (κ3) is 4.54. The lowest BCUT2D eigenvalue weighted by molar-refractivity contribution is -0.233. The van der Waals surface area contributed by atoms with Crippen molar-refractivity contribution in [2.24, 2.45) is 0 Å². The maximum atomic E-state index is 12.9. The summed E-state index contributed by atoms with van der Waals surface area (Å²) in [6, 6.07) is 4.64. The average molecular weight is 414 g/mol. The first kappa shape index (κ1) is 21.9. The molecule has 0 radical (unpaired) electrons. The molecule has 1 aromatic carbocycles. The van der Waals surface area contributed by atoms with Crippen molar-refractivity contribution in [3.05, 3.63) is 23.8 Å². The molecule has 1 aromatic rings. The molecule has 160 valence electrons. The molecule has 2 fully saturated rings. The Morgan fingerprint density at radius 3 is 2.41 bits per heavy atom. The summed E-state index contributed by atoms with van der Waals surface area (Å²) in [7, 11) is -0.602. The zero-order valence-corrected chi connectivity index (χ0v) is 17.2. The van der Waals surface area contributed by atoms with Crippen molar-refractivity contribution in [1.29, 1.82) is 0 Å². The highest BCUT2D eigenvalue weighted by Crippen LogP contribution is 2.37. The van der Waals surface area contributed by atoms with E-state index in [0.717, 1.165) is 15.9 Å². The van der Waals surface area contributed by atoms with E-state index in [2.05, 4.69) is 5.32 Å². The van der Waals surface area contributed by atoms with Gasteiger partial charge < -0.3 is 24.3 Å². The van der Waals surface area contributed by atoms with Gasteiger partial charge in [-0.25, -0.2) is 4.79 Å². The van der Waals surface area contributed by atoms with E-state index in [1.807, 2.05) is 40.7 Å². The molecule has 0 unspecified atom stereocenters. The van der Waals surface area contributed by atoms with Gasteiger partial charge in [-0.3, -0.25) is 0 Å². The number of ether oxygens (including phenoxy) is 1. The molecule has 0 bridgehead atoms. The molecule has 2 aliphatic rings. The second-order valence-corrected chi connectivity index (χ2v) is 8.44. The lowest BCUT2D eigenvalue weighted by atomic mass is 9.76. The van der Waals surface area contributed by atoms with Crippen LogP contribution in [0.15, 0.2) is 18.2 Å². The lowest BCUT2D eigenvalue weighted by Crippen LogP contribution is -2.52. The highest BCUT2D eigenvalue weighted by Gasteiger charge is 2.52. The summed E-state index contributed by atoms with van der Waals surface area (Å²) in [5.41, 5.74) is 1.12. The number of nitrogens with one attached hydrogen (secondary N) is 1. The van der Waals surface area contributed by atoms with E-state index in [0.29, 0.717) is 5.69 Å². The standard InChI is InChI=1S/C19H26BF3N2O4/c1-12-6-7-13(10-14(12)20-28-17(2,3)18(4,5)29-20)24-16(26)25-8-9-27-15(11-25)19(21,22)23/h6-7,10,15H,8-9,11H2,1-5H3,(H,24,26)/t15-/m1/s1. The quantitative estimate of drug-likeness (QED) is 0.756. The molecule has 0 spiro atoms. The molecule has 0 saturated carbocycles. The molecule has 1 N–H and O–H groups in total. The van der Waals surface area contributed by atoms with Crippen LogP contribution in [0, 0.1) is 6.92 Å². The zero-order valence-electron chi connectivity index (χ0n) is 17.2. The van der Waals surface area contributed by atoms with Crippen LogP contribution >= 0.6 is 0 Å². The van der Waals surface area contributed by atoms with Gasteiger partial charge in [-0.2, -0.15) is 13.2 Å². The van der Waals surface area contributed by atoms with E-state index in [4.69, 9.17) is 14.0 Å². The lowest BCUT2D eigenvalue weighted by Gasteiger charge is -2.33. The topological polar surface area (TPSA) is 60.0 Å². The van der Waals surface area contributed by atoms with Gasteiger partial charge in [0.05, 0.1) is 24.4 Å². The normalized spacial score (nSPS) is 23.9. The van der Waals surface area contributed by atoms with Crippen molar-refractivity contribution in [1.82, 2.24) is 4.90 Å². The van der Waals surface area contributed by atoms with Gasteiger partial charge in [0.25, 0.3) is 0 Å². The molecular formula is C19H26BF3N2O4. The van der Waals surface area contributed by atoms with Crippen LogP contribution in [0.1, 0.15) is 33.3 Å². The third-order valence-electron chi connectivity index (χ3n) is 5.76. The summed E-state index contributed by atoms with van der Waals surface area (Å²) in [5, 5.41) is 2.67. The van der Waals surface area contributed by atoms with E-state index in [1.54, 1.807) is 12.1 Å². The van der Waals surface area contributed by atoms with Gasteiger partial charge in [0.15, 0.2) is 6.10 Å². The smallest absolute Gasteiger partial charge is 0.399 e. The first-order chi connectivity index (χ1) is 13.3. The van der Waals surface area contributed by atoms with Crippen molar-refractivity contribution in [2.75, 3.05) is 25.0 Å². The maximum Gasteiger partial charge on any atom is 0.495 e. The molecule has 0 aliphatic carbocycles. The predicted molar refractivity (Wildman–Crippen MR) is 103 cm³/mol. The van der Waals surface area contributed by atoms with Crippen molar-refractivity contribution >= 4 is 24.3 Å². The third-order valence-corrected chi connectivity index (χ3v) is 5.76. The number of amides is 2. The first-order valence-corrected chi connectivity index (χ1v) is 9.50. The van der Waals surface area contributed by atoms with Gasteiger partial charge in [0.1, 0.15) is 0 Å². The number of aryl methyl sites for hydroxylation is 1. The SMILES string of the molecule is Cc1ccc(NC(=O)N2CCO[C@@H](C(F)(F)F)C2)cc1B1OC(C)(C)C(C)(C)O1. The van der Waals surface area contributed by atoms with Crippen molar-refractivity contribution in [3.63, 3.8) is 0 Å². The van der Waals surface area contributed by atoms with Gasteiger partial charge in [-0.1, -0.05) is 11.6 Å². The number of morpholine rings is 1. The Labute approximate surface area is 168 Å². The second-order valence-electron chi connectivity index (χ2n) is 8.44. The number of nitrogens with zero attached hydrogens (tertiary/aromatic N) is 1. The molecule has 2 saturated heterocycles. The number of urea groups is 1. The van der Waals surface area contributed by atoms with Crippen molar-refractivity contribution in [2.45, 2.75) is 58.1 Å². The molecule has 3 rings (SSSR count). The maximum absolute atomic E-state index is 12.9. The van der Waals surface area contributed by atoms with Crippen LogP contribution in [0.2, 0.25) is 0 Å². The number of carbonyl (C=O) groups excluding carboxylic acids is 1. The number of benzene rings is 1. The minimum Gasteiger partial charge on any atom is -0.399 e. The molecule has 2 heterocycles.